The lowest BCUT2D eigenvalue weighted by Gasteiger charge is -2.09. The van der Waals surface area contributed by atoms with Gasteiger partial charge in [0, 0.05) is 12.2 Å². The standard InChI is InChI=1S/C21H23N5O5S3/c1-3-12-26-19(14-33(28,29)17-8-4-15(2)5-9-17)24-25-21(26)32-13-20(27)23-16-6-10-18(11-7-16)34(22,30)31/h3-11H,1,12-14H2,2H3,(H,23,27)(H2,22,30,31). The number of allylic oxidation sites excluding steroid dienone is 1. The number of rotatable bonds is 10. The van der Waals surface area contributed by atoms with Crippen LogP contribution < -0.4 is 10.5 Å². The van der Waals surface area contributed by atoms with Crippen LogP contribution in [0.1, 0.15) is 11.4 Å². The van der Waals surface area contributed by atoms with Crippen molar-refractivity contribution in [1.29, 1.82) is 0 Å². The maximum atomic E-state index is 12.8. The Hall–Kier alpha value is -3.00. The molecular weight excluding hydrogens is 498 g/mol. The second kappa shape index (κ2) is 10.5. The molecule has 0 aliphatic heterocycles. The lowest BCUT2D eigenvalue weighted by Crippen LogP contribution is -2.16. The van der Waals surface area contributed by atoms with Gasteiger partial charge in [0.05, 0.1) is 15.5 Å². The number of hydrogen-bond donors (Lipinski definition) is 2. The Morgan fingerprint density at radius 3 is 2.26 bits per heavy atom. The van der Waals surface area contributed by atoms with Crippen molar-refractivity contribution < 1.29 is 21.6 Å². The van der Waals surface area contributed by atoms with Gasteiger partial charge in [-0.3, -0.25) is 4.79 Å². The summed E-state index contributed by atoms with van der Waals surface area (Å²) < 4.78 is 49.9. The highest BCUT2D eigenvalue weighted by Gasteiger charge is 2.22. The van der Waals surface area contributed by atoms with E-state index in [9.17, 15) is 21.6 Å². The number of carbonyl (C=O) groups excluding carboxylic acids is 1. The minimum atomic E-state index is -3.82. The molecule has 0 aliphatic carbocycles. The number of hydrogen-bond acceptors (Lipinski definition) is 8. The number of thioether (sulfide) groups is 1. The number of amides is 1. The lowest BCUT2D eigenvalue weighted by molar-refractivity contribution is -0.113. The van der Waals surface area contributed by atoms with Crippen LogP contribution in [0.3, 0.4) is 0 Å². The van der Waals surface area contributed by atoms with E-state index in [0.29, 0.717) is 10.8 Å². The summed E-state index contributed by atoms with van der Waals surface area (Å²) in [5, 5.41) is 16.1. The number of carbonyl (C=O) groups is 1. The fourth-order valence-corrected chi connectivity index (χ4v) is 5.45. The fourth-order valence-electron chi connectivity index (χ4n) is 2.90. The smallest absolute Gasteiger partial charge is 0.238 e. The minimum Gasteiger partial charge on any atom is -0.325 e. The first-order valence-electron chi connectivity index (χ1n) is 9.87. The molecule has 0 atom stereocenters. The monoisotopic (exact) mass is 521 g/mol. The van der Waals surface area contributed by atoms with Gasteiger partial charge >= 0.3 is 0 Å². The predicted molar refractivity (Wildman–Crippen MR) is 129 cm³/mol. The maximum Gasteiger partial charge on any atom is 0.238 e. The van der Waals surface area contributed by atoms with E-state index in [1.54, 1.807) is 34.9 Å². The highest BCUT2D eigenvalue weighted by atomic mass is 32.2. The Labute approximate surface area is 202 Å². The van der Waals surface area contributed by atoms with Crippen LogP contribution in [-0.2, 0) is 37.0 Å². The molecular formula is C21H23N5O5S3. The zero-order valence-electron chi connectivity index (χ0n) is 18.2. The zero-order chi connectivity index (χ0) is 24.9. The molecule has 10 nitrogen and oxygen atoms in total. The van der Waals surface area contributed by atoms with Crippen molar-refractivity contribution >= 4 is 43.2 Å². The van der Waals surface area contributed by atoms with Crippen molar-refractivity contribution in [1.82, 2.24) is 14.8 Å². The van der Waals surface area contributed by atoms with Gasteiger partial charge in [-0.05, 0) is 43.3 Å². The van der Waals surface area contributed by atoms with Crippen LogP contribution in [0.2, 0.25) is 0 Å². The third-order valence-corrected chi connectivity index (χ3v) is 8.13. The number of nitrogens with two attached hydrogens (primary N) is 1. The molecule has 3 rings (SSSR count). The zero-order valence-corrected chi connectivity index (χ0v) is 20.7. The molecule has 13 heteroatoms. The van der Waals surface area contributed by atoms with Crippen molar-refractivity contribution in [3.05, 3.63) is 72.6 Å². The summed E-state index contributed by atoms with van der Waals surface area (Å²) in [7, 11) is -7.46. The second-order valence-corrected chi connectivity index (χ2v) is 11.8. The highest BCUT2D eigenvalue weighted by molar-refractivity contribution is 7.99. The van der Waals surface area contributed by atoms with Gasteiger partial charge in [-0.15, -0.1) is 16.8 Å². The molecule has 0 radical (unpaired) electrons. The van der Waals surface area contributed by atoms with E-state index in [4.69, 9.17) is 5.14 Å². The van der Waals surface area contributed by atoms with Gasteiger partial charge in [-0.2, -0.15) is 0 Å². The molecule has 0 aliphatic rings. The SMILES string of the molecule is C=CCn1c(CS(=O)(=O)c2ccc(C)cc2)nnc1SCC(=O)Nc1ccc(S(N)(=O)=O)cc1. The van der Waals surface area contributed by atoms with Crippen LogP contribution in [0, 0.1) is 6.92 Å². The van der Waals surface area contributed by atoms with Gasteiger partial charge in [0.15, 0.2) is 15.0 Å². The molecule has 0 spiro atoms. The van der Waals surface area contributed by atoms with Crippen molar-refractivity contribution in [2.24, 2.45) is 5.14 Å². The number of aryl methyl sites for hydroxylation is 1. The number of sulfone groups is 1. The van der Waals surface area contributed by atoms with E-state index < -0.39 is 19.9 Å². The summed E-state index contributed by atoms with van der Waals surface area (Å²) in [5.41, 5.74) is 1.35. The molecule has 0 fully saturated rings. The summed E-state index contributed by atoms with van der Waals surface area (Å²) in [5.74, 6) is -0.505. The Bertz CT molecular complexity index is 1400. The summed E-state index contributed by atoms with van der Waals surface area (Å²) in [6, 6.07) is 12.0. The van der Waals surface area contributed by atoms with E-state index >= 15 is 0 Å². The summed E-state index contributed by atoms with van der Waals surface area (Å²) >= 11 is 1.09. The Kier molecular flexibility index (Phi) is 7.92. The van der Waals surface area contributed by atoms with Gasteiger partial charge in [0.1, 0.15) is 11.6 Å². The highest BCUT2D eigenvalue weighted by Crippen LogP contribution is 2.22. The van der Waals surface area contributed by atoms with Crippen molar-refractivity contribution in [2.75, 3.05) is 11.1 Å². The minimum absolute atomic E-state index is 0.0308. The molecule has 3 N–H and O–H groups in total. The average molecular weight is 522 g/mol. The van der Waals surface area contributed by atoms with Crippen molar-refractivity contribution in [3.63, 3.8) is 0 Å². The van der Waals surface area contributed by atoms with Gasteiger partial charge < -0.3 is 9.88 Å². The number of sulfonamides is 1. The lowest BCUT2D eigenvalue weighted by atomic mass is 10.2. The van der Waals surface area contributed by atoms with Gasteiger partial charge in [0.25, 0.3) is 0 Å². The van der Waals surface area contributed by atoms with Crippen LogP contribution in [-0.4, -0.2) is 43.3 Å². The van der Waals surface area contributed by atoms with E-state index in [2.05, 4.69) is 22.1 Å². The van der Waals surface area contributed by atoms with Crippen LogP contribution >= 0.6 is 11.8 Å². The fraction of sp³-hybridized carbons (Fsp3) is 0.190. The Morgan fingerprint density at radius 2 is 1.68 bits per heavy atom. The number of nitrogens with zero attached hydrogens (tertiary/aromatic N) is 3. The molecule has 1 aromatic heterocycles. The molecule has 180 valence electrons. The quantitative estimate of drug-likeness (QED) is 0.304. The van der Waals surface area contributed by atoms with Crippen LogP contribution in [0.25, 0.3) is 0 Å². The first kappa shape index (κ1) is 25.6. The number of nitrogens with one attached hydrogen (secondary N) is 1. The van der Waals surface area contributed by atoms with E-state index in [1.807, 2.05) is 6.92 Å². The second-order valence-electron chi connectivity index (χ2n) is 7.28. The van der Waals surface area contributed by atoms with E-state index in [1.165, 1.54) is 24.3 Å². The van der Waals surface area contributed by atoms with E-state index in [0.717, 1.165) is 17.3 Å². The third kappa shape index (κ3) is 6.53. The van der Waals surface area contributed by atoms with Crippen molar-refractivity contribution in [3.8, 4) is 0 Å². The van der Waals surface area contributed by atoms with Crippen molar-refractivity contribution in [2.45, 2.75) is 34.2 Å². The topological polar surface area (TPSA) is 154 Å². The summed E-state index contributed by atoms with van der Waals surface area (Å²) in [6.07, 6.45) is 1.59. The molecule has 0 unspecified atom stereocenters. The predicted octanol–water partition coefficient (Wildman–Crippen LogP) is 2.12. The summed E-state index contributed by atoms with van der Waals surface area (Å²) in [4.78, 5) is 12.5. The Morgan fingerprint density at radius 1 is 1.06 bits per heavy atom. The average Bonchev–Trinajstić information content (AvgIpc) is 3.13. The number of aromatic nitrogens is 3. The maximum absolute atomic E-state index is 12.8. The molecule has 0 saturated carbocycles. The Balaban J connectivity index is 1.69. The molecule has 2 aromatic carbocycles. The van der Waals surface area contributed by atoms with E-state index in [-0.39, 0.29) is 39.6 Å². The van der Waals surface area contributed by atoms with Crippen LogP contribution in [0.4, 0.5) is 5.69 Å². The number of primary sulfonamides is 1. The molecule has 3 aromatic rings. The van der Waals surface area contributed by atoms with Gasteiger partial charge in [0.2, 0.25) is 15.9 Å². The number of anilines is 1. The first-order valence-corrected chi connectivity index (χ1v) is 14.1. The van der Waals surface area contributed by atoms with Crippen LogP contribution in [0.15, 0.2) is 76.1 Å². The third-order valence-electron chi connectivity index (χ3n) is 4.60. The molecule has 1 amide bonds. The molecule has 0 bridgehead atoms. The van der Waals surface area contributed by atoms with Gasteiger partial charge in [-0.1, -0.05) is 35.5 Å². The molecule has 1 heterocycles. The van der Waals surface area contributed by atoms with Gasteiger partial charge in [-0.25, -0.2) is 22.0 Å². The normalized spacial score (nSPS) is 11.8. The molecule has 0 saturated heterocycles. The largest absolute Gasteiger partial charge is 0.325 e. The summed E-state index contributed by atoms with van der Waals surface area (Å²) in [6.45, 7) is 5.83. The number of benzene rings is 2. The first-order chi connectivity index (χ1) is 16.0. The molecule has 34 heavy (non-hydrogen) atoms. The van der Waals surface area contributed by atoms with Crippen LogP contribution in [0.5, 0.6) is 0 Å².